The molecule has 11 heteroatoms. The molecule has 3 aromatic carbocycles. The average Bonchev–Trinajstić information content (AvgIpc) is 3.17. The van der Waals surface area contributed by atoms with Crippen LogP contribution in [0.2, 0.25) is 0 Å². The van der Waals surface area contributed by atoms with Gasteiger partial charge < -0.3 is 24.8 Å². The number of hydrogen-bond donors (Lipinski definition) is 2. The number of aryl methyl sites for hydroxylation is 1. The molecule has 1 atom stereocenters. The number of amides is 3. The van der Waals surface area contributed by atoms with Crippen LogP contribution in [-0.2, 0) is 30.5 Å². The fraction of sp³-hybridized carbons (Fsp3) is 0.311. The largest absolute Gasteiger partial charge is 0.488 e. The molecule has 2 N–H and O–H groups in total. The molecule has 0 saturated heterocycles. The monoisotopic (exact) mass is 760 g/mol. The van der Waals surface area contributed by atoms with E-state index >= 15 is 0 Å². The SMILES string of the molecule is C=C(/C=C\C(=C/C)c1ccc(OCc2ccccc2)c2ccccc12)[C@H](CC(=O)OC)NC(=O)CNC(=O)CCCN(C(=O)OC(C)(C)C)c1cc(C)ccn1. The topological polar surface area (TPSA) is 136 Å². The second-order valence-corrected chi connectivity index (χ2v) is 14.2. The van der Waals surface area contributed by atoms with Gasteiger partial charge in [-0.1, -0.05) is 85.5 Å². The van der Waals surface area contributed by atoms with Gasteiger partial charge in [-0.2, -0.15) is 0 Å². The van der Waals surface area contributed by atoms with Gasteiger partial charge >= 0.3 is 12.1 Å². The molecular weight excluding hydrogens is 709 g/mol. The normalized spacial score (nSPS) is 12.1. The number of fused-ring (bicyclic) bond motifs is 1. The molecular formula is C45H52N4O7. The van der Waals surface area contributed by atoms with E-state index in [2.05, 4.69) is 22.2 Å². The lowest BCUT2D eigenvalue weighted by molar-refractivity contribution is -0.141. The molecule has 3 amide bonds. The zero-order valence-corrected chi connectivity index (χ0v) is 33.1. The van der Waals surface area contributed by atoms with Gasteiger partial charge in [-0.25, -0.2) is 9.78 Å². The Kier molecular flexibility index (Phi) is 15.5. The molecule has 0 spiro atoms. The number of aromatic nitrogens is 1. The van der Waals surface area contributed by atoms with E-state index in [0.717, 1.165) is 38.8 Å². The Morgan fingerprint density at radius 3 is 2.32 bits per heavy atom. The van der Waals surface area contributed by atoms with Crippen LogP contribution in [-0.4, -0.2) is 60.7 Å². The van der Waals surface area contributed by atoms with Crippen LogP contribution in [0.1, 0.15) is 63.6 Å². The van der Waals surface area contributed by atoms with E-state index in [-0.39, 0.29) is 31.8 Å². The van der Waals surface area contributed by atoms with Gasteiger partial charge in [0.25, 0.3) is 0 Å². The number of nitrogens with zero attached hydrogens (tertiary/aromatic N) is 2. The molecule has 4 rings (SSSR count). The van der Waals surface area contributed by atoms with Crippen molar-refractivity contribution in [3.8, 4) is 5.75 Å². The summed E-state index contributed by atoms with van der Waals surface area (Å²) in [5.74, 6) is -0.236. The molecule has 0 aliphatic heterocycles. The zero-order valence-electron chi connectivity index (χ0n) is 33.1. The van der Waals surface area contributed by atoms with Gasteiger partial charge in [-0.05, 0) is 92.5 Å². The molecule has 0 radical (unpaired) electrons. The first-order valence-corrected chi connectivity index (χ1v) is 18.6. The van der Waals surface area contributed by atoms with E-state index in [1.54, 1.807) is 39.1 Å². The fourth-order valence-electron chi connectivity index (χ4n) is 5.76. The first kappa shape index (κ1) is 42.5. The highest BCUT2D eigenvalue weighted by Gasteiger charge is 2.25. The number of carbonyl (C=O) groups is 4. The minimum Gasteiger partial charge on any atom is -0.488 e. The number of anilines is 1. The van der Waals surface area contributed by atoms with Crippen molar-refractivity contribution in [2.45, 2.75) is 72.1 Å². The van der Waals surface area contributed by atoms with E-state index in [9.17, 15) is 19.2 Å². The van der Waals surface area contributed by atoms with Crippen LogP contribution in [0.3, 0.4) is 0 Å². The summed E-state index contributed by atoms with van der Waals surface area (Å²) in [6.45, 7) is 13.6. The maximum Gasteiger partial charge on any atom is 0.416 e. The Balaban J connectivity index is 1.37. The van der Waals surface area contributed by atoms with Crippen molar-refractivity contribution >= 4 is 46.0 Å². The average molecular weight is 761 g/mol. The van der Waals surface area contributed by atoms with E-state index in [1.165, 1.54) is 12.0 Å². The summed E-state index contributed by atoms with van der Waals surface area (Å²) in [6, 6.07) is 24.8. The third-order valence-corrected chi connectivity index (χ3v) is 8.62. The number of hydrogen-bond acceptors (Lipinski definition) is 8. The number of nitrogens with one attached hydrogen (secondary N) is 2. The van der Waals surface area contributed by atoms with Crippen LogP contribution in [0.25, 0.3) is 16.3 Å². The molecule has 11 nitrogen and oxygen atoms in total. The Morgan fingerprint density at radius 1 is 0.929 bits per heavy atom. The summed E-state index contributed by atoms with van der Waals surface area (Å²) < 4.78 is 16.7. The predicted molar refractivity (Wildman–Crippen MR) is 220 cm³/mol. The zero-order chi connectivity index (χ0) is 40.7. The van der Waals surface area contributed by atoms with Gasteiger partial charge in [0, 0.05) is 24.5 Å². The van der Waals surface area contributed by atoms with Crippen molar-refractivity contribution in [3.05, 3.63) is 132 Å². The van der Waals surface area contributed by atoms with E-state index in [1.807, 2.05) is 98.8 Å². The number of esters is 1. The third kappa shape index (κ3) is 13.0. The molecule has 56 heavy (non-hydrogen) atoms. The van der Waals surface area contributed by atoms with Crippen molar-refractivity contribution in [1.82, 2.24) is 15.6 Å². The number of benzene rings is 3. The van der Waals surface area contributed by atoms with Crippen molar-refractivity contribution in [2.75, 3.05) is 25.1 Å². The standard InChI is InChI=1S/C45H52N4O7/c1-8-34(35-22-23-39(37-18-13-12-17-36(35)37)55-30-33-15-10-9-11-16-33)21-20-32(3)38(28-43(52)54-7)48-42(51)29-47-41(50)19-14-26-49(44(53)56-45(4,5)6)40-27-31(2)24-25-46-40/h8-13,15-18,20-25,27,38H,3,14,19,26,28-30H2,1-2,4-7H3,(H,47,50)(H,48,51)/b21-20-,34-8+/t38-/m0/s1. The summed E-state index contributed by atoms with van der Waals surface area (Å²) in [5.41, 5.74) is 3.61. The smallest absolute Gasteiger partial charge is 0.416 e. The molecule has 0 fully saturated rings. The summed E-state index contributed by atoms with van der Waals surface area (Å²) >= 11 is 0. The maximum atomic E-state index is 13.0. The van der Waals surface area contributed by atoms with Gasteiger partial charge in [0.2, 0.25) is 11.8 Å². The van der Waals surface area contributed by atoms with Crippen molar-refractivity contribution < 1.29 is 33.4 Å². The van der Waals surface area contributed by atoms with Crippen molar-refractivity contribution in [1.29, 1.82) is 0 Å². The van der Waals surface area contributed by atoms with Crippen LogP contribution in [0, 0.1) is 6.92 Å². The summed E-state index contributed by atoms with van der Waals surface area (Å²) in [7, 11) is 1.27. The Morgan fingerprint density at radius 2 is 1.64 bits per heavy atom. The van der Waals surface area contributed by atoms with E-state index in [4.69, 9.17) is 14.2 Å². The Hall–Kier alpha value is -6.23. The van der Waals surface area contributed by atoms with Gasteiger partial charge in [-0.15, -0.1) is 0 Å². The first-order valence-electron chi connectivity index (χ1n) is 18.6. The molecule has 4 aromatic rings. The second kappa shape index (κ2) is 20.5. The Labute approximate surface area is 329 Å². The number of methoxy groups -OCH3 is 1. The molecule has 0 unspecified atom stereocenters. The summed E-state index contributed by atoms with van der Waals surface area (Å²) in [4.78, 5) is 56.9. The number of allylic oxidation sites excluding steroid dienone is 3. The lowest BCUT2D eigenvalue weighted by Crippen LogP contribution is -2.43. The molecule has 1 aromatic heterocycles. The van der Waals surface area contributed by atoms with Gasteiger partial charge in [0.15, 0.2) is 0 Å². The quantitative estimate of drug-likeness (QED) is 0.0816. The molecule has 1 heterocycles. The summed E-state index contributed by atoms with van der Waals surface area (Å²) in [6.07, 6.45) is 6.84. The third-order valence-electron chi connectivity index (χ3n) is 8.62. The number of pyridine rings is 1. The maximum absolute atomic E-state index is 13.0. The molecule has 0 aliphatic carbocycles. The first-order chi connectivity index (χ1) is 26.8. The lowest BCUT2D eigenvalue weighted by atomic mass is 9.95. The lowest BCUT2D eigenvalue weighted by Gasteiger charge is -2.27. The highest BCUT2D eigenvalue weighted by atomic mass is 16.6. The minimum atomic E-state index is -0.795. The van der Waals surface area contributed by atoms with E-state index in [0.29, 0.717) is 24.4 Å². The van der Waals surface area contributed by atoms with Crippen LogP contribution >= 0.6 is 0 Å². The fourth-order valence-corrected chi connectivity index (χ4v) is 5.76. The highest BCUT2D eigenvalue weighted by molar-refractivity contribution is 5.99. The van der Waals surface area contributed by atoms with Gasteiger partial charge in [-0.3, -0.25) is 19.3 Å². The molecule has 0 aliphatic rings. The molecule has 294 valence electrons. The summed E-state index contributed by atoms with van der Waals surface area (Å²) in [5, 5.41) is 7.39. The Bertz CT molecular complexity index is 2070. The highest BCUT2D eigenvalue weighted by Crippen LogP contribution is 2.33. The minimum absolute atomic E-state index is 0.0420. The van der Waals surface area contributed by atoms with Crippen LogP contribution in [0.5, 0.6) is 5.75 Å². The van der Waals surface area contributed by atoms with E-state index < -0.39 is 29.6 Å². The second-order valence-electron chi connectivity index (χ2n) is 14.2. The molecule has 0 bridgehead atoms. The van der Waals surface area contributed by atoms with Crippen LogP contribution < -0.4 is 20.3 Å². The number of carbonyl (C=O) groups excluding carboxylic acids is 4. The van der Waals surface area contributed by atoms with Crippen molar-refractivity contribution in [2.24, 2.45) is 0 Å². The van der Waals surface area contributed by atoms with Crippen molar-refractivity contribution in [3.63, 3.8) is 0 Å². The van der Waals surface area contributed by atoms with Crippen LogP contribution in [0.15, 0.2) is 115 Å². The van der Waals surface area contributed by atoms with Gasteiger partial charge in [0.1, 0.15) is 23.8 Å². The van der Waals surface area contributed by atoms with Crippen LogP contribution in [0.4, 0.5) is 10.6 Å². The molecule has 0 saturated carbocycles. The van der Waals surface area contributed by atoms with Gasteiger partial charge in [0.05, 0.1) is 26.1 Å². The number of ether oxygens (including phenoxy) is 3. The number of rotatable bonds is 17. The predicted octanol–water partition coefficient (Wildman–Crippen LogP) is 8.02.